The molecule has 1 aromatic carbocycles. The summed E-state index contributed by atoms with van der Waals surface area (Å²) in [5, 5.41) is 3.64. The molecule has 0 amide bonds. The minimum atomic E-state index is 0.708. The highest BCUT2D eigenvalue weighted by Gasteiger charge is 2.13. The maximum absolute atomic E-state index is 3.64. The summed E-state index contributed by atoms with van der Waals surface area (Å²) in [6.45, 7) is 5.07. The Morgan fingerprint density at radius 2 is 1.70 bits per heavy atom. The van der Waals surface area contributed by atoms with Crippen LogP contribution in [0.25, 0.3) is 0 Å². The van der Waals surface area contributed by atoms with Crippen molar-refractivity contribution in [1.29, 1.82) is 0 Å². The lowest BCUT2D eigenvalue weighted by Crippen LogP contribution is -2.35. The van der Waals surface area contributed by atoms with Gasteiger partial charge in [-0.1, -0.05) is 30.7 Å². The second-order valence-electron chi connectivity index (χ2n) is 6.47. The summed E-state index contributed by atoms with van der Waals surface area (Å²) < 4.78 is 0. The van der Waals surface area contributed by atoms with Crippen molar-refractivity contribution in [3.8, 4) is 0 Å². The van der Waals surface area contributed by atoms with Gasteiger partial charge in [0.1, 0.15) is 0 Å². The maximum atomic E-state index is 3.64. The molecule has 110 valence electrons. The van der Waals surface area contributed by atoms with Crippen LogP contribution in [0.3, 0.4) is 0 Å². The maximum Gasteiger partial charge on any atom is 0.0107 e. The number of rotatable bonds is 5. The van der Waals surface area contributed by atoms with Gasteiger partial charge >= 0.3 is 0 Å². The van der Waals surface area contributed by atoms with Gasteiger partial charge in [-0.3, -0.25) is 0 Å². The van der Waals surface area contributed by atoms with Crippen LogP contribution in [0.15, 0.2) is 24.3 Å². The van der Waals surface area contributed by atoms with Crippen molar-refractivity contribution in [1.82, 2.24) is 10.2 Å². The number of nitrogens with zero attached hydrogens (tertiary/aromatic N) is 1. The zero-order valence-electron chi connectivity index (χ0n) is 12.6. The van der Waals surface area contributed by atoms with E-state index in [-0.39, 0.29) is 0 Å². The fourth-order valence-electron chi connectivity index (χ4n) is 3.52. The molecule has 2 aliphatic heterocycles. The van der Waals surface area contributed by atoms with E-state index in [0.29, 0.717) is 6.04 Å². The first-order valence-corrected chi connectivity index (χ1v) is 8.44. The fraction of sp³-hybridized carbons (Fsp3) is 0.667. The number of nitrogens with one attached hydrogen (secondary N) is 1. The third-order valence-corrected chi connectivity index (χ3v) is 4.83. The molecule has 1 N–H and O–H groups in total. The number of hydrogen-bond donors (Lipinski definition) is 1. The standard InChI is InChI=1S/C18H28N2/c1-2-11-19-18(5-1)15-17-8-6-16(7-9-17)10-14-20-12-3-4-13-20/h6-9,18-19H,1-5,10-15H2. The molecule has 2 aliphatic rings. The number of likely N-dealkylation sites (tertiary alicyclic amines) is 1. The van der Waals surface area contributed by atoms with Crippen molar-refractivity contribution in [2.75, 3.05) is 26.2 Å². The Bertz CT molecular complexity index is 386. The Labute approximate surface area is 123 Å². The minimum Gasteiger partial charge on any atom is -0.314 e. The lowest BCUT2D eigenvalue weighted by atomic mass is 9.97. The first kappa shape index (κ1) is 14.1. The van der Waals surface area contributed by atoms with Gasteiger partial charge in [0.05, 0.1) is 0 Å². The molecule has 1 atom stereocenters. The number of piperidine rings is 1. The van der Waals surface area contributed by atoms with Crippen molar-refractivity contribution in [2.24, 2.45) is 0 Å². The lowest BCUT2D eigenvalue weighted by Gasteiger charge is -2.23. The zero-order chi connectivity index (χ0) is 13.6. The molecule has 1 aromatic rings. The van der Waals surface area contributed by atoms with Crippen molar-refractivity contribution in [3.05, 3.63) is 35.4 Å². The largest absolute Gasteiger partial charge is 0.314 e. The highest BCUT2D eigenvalue weighted by atomic mass is 15.1. The lowest BCUT2D eigenvalue weighted by molar-refractivity contribution is 0.343. The third-order valence-electron chi connectivity index (χ3n) is 4.83. The van der Waals surface area contributed by atoms with Gasteiger partial charge in [0.15, 0.2) is 0 Å². The smallest absolute Gasteiger partial charge is 0.0107 e. The van der Waals surface area contributed by atoms with Crippen LogP contribution in [-0.2, 0) is 12.8 Å². The van der Waals surface area contributed by atoms with Crippen LogP contribution < -0.4 is 5.32 Å². The molecule has 0 aromatic heterocycles. The van der Waals surface area contributed by atoms with E-state index in [0.717, 1.165) is 0 Å². The first-order chi connectivity index (χ1) is 9.90. The fourth-order valence-corrected chi connectivity index (χ4v) is 3.52. The second-order valence-corrected chi connectivity index (χ2v) is 6.47. The summed E-state index contributed by atoms with van der Waals surface area (Å²) in [4.78, 5) is 2.60. The molecular formula is C18H28N2. The Hall–Kier alpha value is -0.860. The molecule has 2 heteroatoms. The van der Waals surface area contributed by atoms with Gasteiger partial charge in [-0.05, 0) is 69.3 Å². The first-order valence-electron chi connectivity index (χ1n) is 8.44. The van der Waals surface area contributed by atoms with E-state index in [1.54, 1.807) is 0 Å². The molecule has 0 spiro atoms. The monoisotopic (exact) mass is 272 g/mol. The van der Waals surface area contributed by atoms with Crippen LogP contribution in [0.2, 0.25) is 0 Å². The van der Waals surface area contributed by atoms with E-state index >= 15 is 0 Å². The van der Waals surface area contributed by atoms with E-state index < -0.39 is 0 Å². The van der Waals surface area contributed by atoms with Gasteiger partial charge < -0.3 is 10.2 Å². The molecule has 0 bridgehead atoms. The van der Waals surface area contributed by atoms with Gasteiger partial charge in [0, 0.05) is 12.6 Å². The molecule has 2 heterocycles. The summed E-state index contributed by atoms with van der Waals surface area (Å²) >= 11 is 0. The van der Waals surface area contributed by atoms with Crippen LogP contribution in [-0.4, -0.2) is 37.1 Å². The molecule has 1 unspecified atom stereocenters. The third kappa shape index (κ3) is 4.07. The molecule has 0 aliphatic carbocycles. The highest BCUT2D eigenvalue weighted by Crippen LogP contribution is 2.14. The number of benzene rings is 1. The van der Waals surface area contributed by atoms with E-state index in [1.807, 2.05) is 0 Å². The Morgan fingerprint density at radius 1 is 0.950 bits per heavy atom. The van der Waals surface area contributed by atoms with Crippen molar-refractivity contribution < 1.29 is 0 Å². The average molecular weight is 272 g/mol. The quantitative estimate of drug-likeness (QED) is 0.886. The van der Waals surface area contributed by atoms with Gasteiger partial charge in [0.25, 0.3) is 0 Å². The molecule has 2 nitrogen and oxygen atoms in total. The molecule has 20 heavy (non-hydrogen) atoms. The molecule has 2 saturated heterocycles. The van der Waals surface area contributed by atoms with Crippen LogP contribution in [0.1, 0.15) is 43.2 Å². The second kappa shape index (κ2) is 7.24. The van der Waals surface area contributed by atoms with Gasteiger partial charge in [-0.15, -0.1) is 0 Å². The van der Waals surface area contributed by atoms with E-state index in [4.69, 9.17) is 0 Å². The normalized spacial score (nSPS) is 24.1. The van der Waals surface area contributed by atoms with Gasteiger partial charge in [-0.2, -0.15) is 0 Å². The molecule has 0 saturated carbocycles. The summed E-state index contributed by atoms with van der Waals surface area (Å²) in [5.74, 6) is 0. The van der Waals surface area contributed by atoms with Crippen LogP contribution >= 0.6 is 0 Å². The summed E-state index contributed by atoms with van der Waals surface area (Å²) in [6, 6.07) is 10.1. The zero-order valence-corrected chi connectivity index (χ0v) is 12.6. The summed E-state index contributed by atoms with van der Waals surface area (Å²) in [5.41, 5.74) is 2.99. The predicted molar refractivity (Wildman–Crippen MR) is 85.2 cm³/mol. The average Bonchev–Trinajstić information content (AvgIpc) is 3.01. The number of hydrogen-bond acceptors (Lipinski definition) is 2. The SMILES string of the molecule is c1cc(CC2CCCCN2)ccc1CCN1CCCC1. The van der Waals surface area contributed by atoms with Crippen LogP contribution in [0.5, 0.6) is 0 Å². The summed E-state index contributed by atoms with van der Waals surface area (Å²) in [6.07, 6.45) is 9.29. The van der Waals surface area contributed by atoms with Crippen LogP contribution in [0, 0.1) is 0 Å². The van der Waals surface area contributed by atoms with Crippen molar-refractivity contribution >= 4 is 0 Å². The topological polar surface area (TPSA) is 15.3 Å². The van der Waals surface area contributed by atoms with Crippen molar-refractivity contribution in [3.63, 3.8) is 0 Å². The van der Waals surface area contributed by atoms with Gasteiger partial charge in [-0.25, -0.2) is 0 Å². The Balaban J connectivity index is 1.46. The van der Waals surface area contributed by atoms with Crippen LogP contribution in [0.4, 0.5) is 0 Å². The van der Waals surface area contributed by atoms with Gasteiger partial charge in [0.2, 0.25) is 0 Å². The van der Waals surface area contributed by atoms with Crippen molar-refractivity contribution in [2.45, 2.75) is 51.0 Å². The predicted octanol–water partition coefficient (Wildman–Crippen LogP) is 3.01. The molecule has 0 radical (unpaired) electrons. The molecular weight excluding hydrogens is 244 g/mol. The Morgan fingerprint density at radius 3 is 2.40 bits per heavy atom. The minimum absolute atomic E-state index is 0.708. The molecule has 3 rings (SSSR count). The van der Waals surface area contributed by atoms with E-state index in [9.17, 15) is 0 Å². The van der Waals surface area contributed by atoms with E-state index in [1.165, 1.54) is 82.3 Å². The van der Waals surface area contributed by atoms with E-state index in [2.05, 4.69) is 34.5 Å². The summed E-state index contributed by atoms with van der Waals surface area (Å²) in [7, 11) is 0. The Kier molecular flexibility index (Phi) is 5.10. The highest BCUT2D eigenvalue weighted by molar-refractivity contribution is 5.23. The molecule has 2 fully saturated rings.